The van der Waals surface area contributed by atoms with Gasteiger partial charge in [0.15, 0.2) is 0 Å². The summed E-state index contributed by atoms with van der Waals surface area (Å²) in [6.45, 7) is -0.225. The summed E-state index contributed by atoms with van der Waals surface area (Å²) in [6.07, 6.45) is 0.520. The molecule has 1 aromatic carbocycles. The van der Waals surface area contributed by atoms with Gasteiger partial charge in [-0.3, -0.25) is 0 Å². The van der Waals surface area contributed by atoms with E-state index in [1.54, 1.807) is 24.3 Å². The van der Waals surface area contributed by atoms with Gasteiger partial charge in [0.05, 0.1) is 18.8 Å². The molecule has 4 heteroatoms. The van der Waals surface area contributed by atoms with E-state index in [-0.39, 0.29) is 6.61 Å². The average Bonchev–Trinajstić information content (AvgIpc) is 2.29. The van der Waals surface area contributed by atoms with Crippen molar-refractivity contribution in [2.24, 2.45) is 0 Å². The molecule has 0 heterocycles. The maximum atomic E-state index is 9.81. The number of hydrogen-bond acceptors (Lipinski definition) is 3. The Hall–Kier alpha value is -0.610. The van der Waals surface area contributed by atoms with Crippen molar-refractivity contribution in [1.29, 1.82) is 0 Å². The largest absolute Gasteiger partial charge is 0.394 e. The van der Waals surface area contributed by atoms with Crippen LogP contribution in [0.5, 0.6) is 0 Å². The molecule has 0 aliphatic rings. The molecular weight excluding hydrogens is 228 g/mol. The molecule has 0 saturated carbocycles. The van der Waals surface area contributed by atoms with Gasteiger partial charge in [0.25, 0.3) is 0 Å². The van der Waals surface area contributed by atoms with Gasteiger partial charge in [0.2, 0.25) is 0 Å². The van der Waals surface area contributed by atoms with Gasteiger partial charge < -0.3 is 15.3 Å². The lowest BCUT2D eigenvalue weighted by atomic mass is 10.0. The molecule has 0 unspecified atom stereocenters. The minimum Gasteiger partial charge on any atom is -0.394 e. The SMILES string of the molecule is OC[C@@H](O)CCC[C@H](O)c1ccc(Cl)cc1. The Labute approximate surface area is 100 Å². The smallest absolute Gasteiger partial charge is 0.0790 e. The topological polar surface area (TPSA) is 60.7 Å². The first-order valence-electron chi connectivity index (χ1n) is 5.36. The third kappa shape index (κ3) is 4.49. The number of hydrogen-bond donors (Lipinski definition) is 3. The zero-order valence-electron chi connectivity index (χ0n) is 9.01. The van der Waals surface area contributed by atoms with E-state index in [0.29, 0.717) is 24.3 Å². The molecule has 0 aliphatic carbocycles. The van der Waals surface area contributed by atoms with Gasteiger partial charge in [-0.2, -0.15) is 0 Å². The van der Waals surface area contributed by atoms with Crippen LogP contribution in [0.2, 0.25) is 5.02 Å². The zero-order valence-corrected chi connectivity index (χ0v) is 9.77. The highest BCUT2D eigenvalue weighted by atomic mass is 35.5. The number of benzene rings is 1. The van der Waals surface area contributed by atoms with E-state index in [1.807, 2.05) is 0 Å². The van der Waals surface area contributed by atoms with E-state index >= 15 is 0 Å². The molecule has 2 atom stereocenters. The number of rotatable bonds is 6. The number of halogens is 1. The highest BCUT2D eigenvalue weighted by Crippen LogP contribution is 2.21. The van der Waals surface area contributed by atoms with Crippen molar-refractivity contribution in [3.63, 3.8) is 0 Å². The molecule has 0 bridgehead atoms. The molecule has 0 aliphatic heterocycles. The van der Waals surface area contributed by atoms with Crippen LogP contribution in [-0.4, -0.2) is 28.0 Å². The first-order valence-corrected chi connectivity index (χ1v) is 5.73. The third-order valence-corrected chi connectivity index (χ3v) is 2.73. The number of aliphatic hydroxyl groups is 3. The summed E-state index contributed by atoms with van der Waals surface area (Å²) in [5.74, 6) is 0. The van der Waals surface area contributed by atoms with Gasteiger partial charge in [-0.15, -0.1) is 0 Å². The standard InChI is InChI=1S/C12H17ClO3/c13-10-6-4-9(5-7-10)12(16)3-1-2-11(15)8-14/h4-7,11-12,14-16H,1-3,8H2/t11-,12-/m0/s1. The Kier molecular flexibility index (Phi) is 5.77. The fourth-order valence-electron chi connectivity index (χ4n) is 1.49. The van der Waals surface area contributed by atoms with Gasteiger partial charge in [-0.25, -0.2) is 0 Å². The molecule has 0 aromatic heterocycles. The fourth-order valence-corrected chi connectivity index (χ4v) is 1.62. The summed E-state index contributed by atoms with van der Waals surface area (Å²) >= 11 is 5.74. The van der Waals surface area contributed by atoms with Crippen molar-refractivity contribution in [3.8, 4) is 0 Å². The summed E-state index contributed by atoms with van der Waals surface area (Å²) in [5.41, 5.74) is 0.822. The van der Waals surface area contributed by atoms with Crippen LogP contribution in [0.3, 0.4) is 0 Å². The molecule has 3 N–H and O–H groups in total. The molecule has 0 fully saturated rings. The molecule has 90 valence electrons. The van der Waals surface area contributed by atoms with Crippen LogP contribution in [0.15, 0.2) is 24.3 Å². The minimum atomic E-state index is -0.683. The second-order valence-electron chi connectivity index (χ2n) is 3.83. The molecule has 16 heavy (non-hydrogen) atoms. The maximum absolute atomic E-state index is 9.81. The van der Waals surface area contributed by atoms with Crippen LogP contribution >= 0.6 is 11.6 Å². The predicted molar refractivity (Wildman–Crippen MR) is 63.4 cm³/mol. The Bertz CT molecular complexity index is 300. The molecule has 1 rings (SSSR count). The molecular formula is C12H17ClO3. The lowest BCUT2D eigenvalue weighted by Gasteiger charge is -2.12. The average molecular weight is 245 g/mol. The molecule has 0 amide bonds. The second kappa shape index (κ2) is 6.86. The first kappa shape index (κ1) is 13.5. The van der Waals surface area contributed by atoms with Gasteiger partial charge in [0, 0.05) is 5.02 Å². The van der Waals surface area contributed by atoms with E-state index in [4.69, 9.17) is 21.8 Å². The minimum absolute atomic E-state index is 0.225. The zero-order chi connectivity index (χ0) is 12.0. The highest BCUT2D eigenvalue weighted by Gasteiger charge is 2.08. The Balaban J connectivity index is 2.35. The summed E-state index contributed by atoms with van der Waals surface area (Å²) in [7, 11) is 0. The Morgan fingerprint density at radius 3 is 2.25 bits per heavy atom. The maximum Gasteiger partial charge on any atom is 0.0790 e. The third-order valence-electron chi connectivity index (χ3n) is 2.48. The summed E-state index contributed by atoms with van der Waals surface area (Å²) < 4.78 is 0. The van der Waals surface area contributed by atoms with E-state index in [9.17, 15) is 5.11 Å². The van der Waals surface area contributed by atoms with Crippen LogP contribution < -0.4 is 0 Å². The van der Waals surface area contributed by atoms with E-state index in [1.165, 1.54) is 0 Å². The van der Waals surface area contributed by atoms with Crippen molar-refractivity contribution in [2.45, 2.75) is 31.5 Å². The van der Waals surface area contributed by atoms with E-state index < -0.39 is 12.2 Å². The quantitative estimate of drug-likeness (QED) is 0.716. The lowest BCUT2D eigenvalue weighted by molar-refractivity contribution is 0.0801. The normalized spacial score (nSPS) is 14.8. The number of aliphatic hydroxyl groups excluding tert-OH is 3. The van der Waals surface area contributed by atoms with Crippen LogP contribution in [0.1, 0.15) is 30.9 Å². The highest BCUT2D eigenvalue weighted by molar-refractivity contribution is 6.30. The molecule has 1 aromatic rings. The monoisotopic (exact) mass is 244 g/mol. The fraction of sp³-hybridized carbons (Fsp3) is 0.500. The van der Waals surface area contributed by atoms with Crippen LogP contribution in [-0.2, 0) is 0 Å². The van der Waals surface area contributed by atoms with Crippen LogP contribution in [0.4, 0.5) is 0 Å². The summed E-state index contributed by atoms with van der Waals surface area (Å²) in [4.78, 5) is 0. The van der Waals surface area contributed by atoms with Gasteiger partial charge in [-0.1, -0.05) is 23.7 Å². The van der Waals surface area contributed by atoms with Gasteiger partial charge in [0.1, 0.15) is 0 Å². The molecule has 3 nitrogen and oxygen atoms in total. The van der Waals surface area contributed by atoms with Crippen molar-refractivity contribution >= 4 is 11.6 Å². The molecule has 0 radical (unpaired) electrons. The van der Waals surface area contributed by atoms with E-state index in [0.717, 1.165) is 5.56 Å². The van der Waals surface area contributed by atoms with E-state index in [2.05, 4.69) is 0 Å². The molecule has 0 saturated heterocycles. The van der Waals surface area contributed by atoms with Crippen LogP contribution in [0.25, 0.3) is 0 Å². The Morgan fingerprint density at radius 2 is 1.69 bits per heavy atom. The second-order valence-corrected chi connectivity index (χ2v) is 4.27. The molecule has 0 spiro atoms. The predicted octanol–water partition coefficient (Wildman–Crippen LogP) is 1.90. The van der Waals surface area contributed by atoms with Gasteiger partial charge in [-0.05, 0) is 37.0 Å². The van der Waals surface area contributed by atoms with Crippen molar-refractivity contribution in [1.82, 2.24) is 0 Å². The van der Waals surface area contributed by atoms with Crippen LogP contribution in [0, 0.1) is 0 Å². The van der Waals surface area contributed by atoms with Gasteiger partial charge >= 0.3 is 0 Å². The van der Waals surface area contributed by atoms with Crippen molar-refractivity contribution in [2.75, 3.05) is 6.61 Å². The lowest BCUT2D eigenvalue weighted by Crippen LogP contribution is -2.11. The van der Waals surface area contributed by atoms with Crippen molar-refractivity contribution in [3.05, 3.63) is 34.9 Å². The summed E-state index contributed by atoms with van der Waals surface area (Å²) in [6, 6.07) is 7.05. The summed E-state index contributed by atoms with van der Waals surface area (Å²) in [5, 5.41) is 28.2. The Morgan fingerprint density at radius 1 is 1.06 bits per heavy atom. The van der Waals surface area contributed by atoms with Crippen molar-refractivity contribution < 1.29 is 15.3 Å². The first-order chi connectivity index (χ1) is 7.63.